The van der Waals surface area contributed by atoms with Crippen LogP contribution in [0.1, 0.15) is 0 Å². The predicted octanol–water partition coefficient (Wildman–Crippen LogP) is 2.93. The van der Waals surface area contributed by atoms with E-state index in [1.807, 2.05) is 86.8 Å². The zero-order valence-electron chi connectivity index (χ0n) is 12.7. The lowest BCUT2D eigenvalue weighted by Crippen LogP contribution is -1.99. The van der Waals surface area contributed by atoms with Gasteiger partial charge in [-0.2, -0.15) is 0 Å². The van der Waals surface area contributed by atoms with Gasteiger partial charge in [0.1, 0.15) is 0 Å². The molecule has 0 amide bonds. The Morgan fingerprint density at radius 1 is 0.600 bits per heavy atom. The van der Waals surface area contributed by atoms with Crippen molar-refractivity contribution in [2.45, 2.75) is 0 Å². The van der Waals surface area contributed by atoms with Gasteiger partial charge in [-0.1, -0.05) is 36.5 Å². The molecule has 0 atom stereocenters. The highest BCUT2D eigenvalue weighted by Crippen LogP contribution is 1.87. The predicted molar refractivity (Wildman–Crippen MR) is 87.2 cm³/mol. The number of hydrogen-bond acceptors (Lipinski definition) is 3. The summed E-state index contributed by atoms with van der Waals surface area (Å²) in [5.41, 5.74) is 0. The van der Waals surface area contributed by atoms with Crippen molar-refractivity contribution in [3.05, 3.63) is 73.2 Å². The second kappa shape index (κ2) is 11.8. The summed E-state index contributed by atoms with van der Waals surface area (Å²) in [7, 11) is 7.82. The number of carbonyl (C=O) groups is 1. The second-order valence-electron chi connectivity index (χ2n) is 4.50. The van der Waals surface area contributed by atoms with Crippen molar-refractivity contribution in [1.82, 2.24) is 9.80 Å². The quantitative estimate of drug-likeness (QED) is 0.501. The monoisotopic (exact) mass is 272 g/mol. The van der Waals surface area contributed by atoms with Crippen LogP contribution in [0.2, 0.25) is 0 Å². The molecule has 3 nitrogen and oxygen atoms in total. The van der Waals surface area contributed by atoms with Crippen LogP contribution in [0.3, 0.4) is 0 Å². The smallest absolute Gasteiger partial charge is 0.178 e. The fraction of sp³-hybridized carbons (Fsp3) is 0.235. The normalized spacial score (nSPS) is 13.0. The van der Waals surface area contributed by atoms with Gasteiger partial charge < -0.3 is 9.80 Å². The van der Waals surface area contributed by atoms with Crippen LogP contribution in [0.25, 0.3) is 0 Å². The minimum atomic E-state index is -0.0347. The molecule has 0 heterocycles. The highest BCUT2D eigenvalue weighted by atomic mass is 16.1. The highest BCUT2D eigenvalue weighted by molar-refractivity contribution is 5.99. The number of ketones is 1. The second-order valence-corrected chi connectivity index (χ2v) is 4.50. The summed E-state index contributed by atoms with van der Waals surface area (Å²) in [6.45, 7) is 0. The maximum Gasteiger partial charge on any atom is 0.178 e. The first kappa shape index (κ1) is 17.7. The van der Waals surface area contributed by atoms with E-state index in [4.69, 9.17) is 0 Å². The molecule has 108 valence electrons. The Labute approximate surface area is 122 Å². The third-order valence-corrected chi connectivity index (χ3v) is 1.96. The van der Waals surface area contributed by atoms with Crippen LogP contribution in [-0.4, -0.2) is 43.8 Å². The summed E-state index contributed by atoms with van der Waals surface area (Å²) in [5.74, 6) is -0.0347. The van der Waals surface area contributed by atoms with Gasteiger partial charge in [0.15, 0.2) is 5.78 Å². The van der Waals surface area contributed by atoms with Gasteiger partial charge >= 0.3 is 0 Å². The Balaban J connectivity index is 4.04. The largest absolute Gasteiger partial charge is 0.383 e. The standard InChI is InChI=1S/C17H24N2O/c1-18(2)15-11-7-5-9-13-17(20)14-10-6-8-12-16-19(3)4/h5-16H,1-4H3/b7-5+,8-6+,13-9+,14-10+,15-11-,16-12+. The molecule has 0 rings (SSSR count). The van der Waals surface area contributed by atoms with Crippen molar-refractivity contribution in [3.8, 4) is 0 Å². The van der Waals surface area contributed by atoms with Crippen molar-refractivity contribution in [2.75, 3.05) is 28.2 Å². The lowest BCUT2D eigenvalue weighted by molar-refractivity contribution is -0.110. The number of allylic oxidation sites excluding steroid dienone is 10. The van der Waals surface area contributed by atoms with E-state index in [-0.39, 0.29) is 5.78 Å². The van der Waals surface area contributed by atoms with E-state index in [1.54, 1.807) is 12.2 Å². The van der Waals surface area contributed by atoms with Gasteiger partial charge in [-0.25, -0.2) is 0 Å². The lowest BCUT2D eigenvalue weighted by atomic mass is 10.3. The fourth-order valence-corrected chi connectivity index (χ4v) is 1.06. The molecule has 0 N–H and O–H groups in total. The van der Waals surface area contributed by atoms with E-state index in [0.29, 0.717) is 0 Å². The summed E-state index contributed by atoms with van der Waals surface area (Å²) in [6.07, 6.45) is 21.6. The van der Waals surface area contributed by atoms with Crippen molar-refractivity contribution in [3.63, 3.8) is 0 Å². The third kappa shape index (κ3) is 13.8. The average molecular weight is 272 g/mol. The van der Waals surface area contributed by atoms with Gasteiger partial charge in [0.2, 0.25) is 0 Å². The number of hydrogen-bond donors (Lipinski definition) is 0. The van der Waals surface area contributed by atoms with E-state index in [2.05, 4.69) is 0 Å². The van der Waals surface area contributed by atoms with Gasteiger partial charge in [0, 0.05) is 28.2 Å². The summed E-state index contributed by atoms with van der Waals surface area (Å²) < 4.78 is 0. The molecular formula is C17H24N2O. The van der Waals surface area contributed by atoms with Crippen LogP contribution in [-0.2, 0) is 4.79 Å². The van der Waals surface area contributed by atoms with Gasteiger partial charge in [-0.3, -0.25) is 4.79 Å². The van der Waals surface area contributed by atoms with E-state index >= 15 is 0 Å². The molecule has 0 aromatic rings. The zero-order valence-corrected chi connectivity index (χ0v) is 12.7. The van der Waals surface area contributed by atoms with E-state index in [0.717, 1.165) is 0 Å². The van der Waals surface area contributed by atoms with Crippen molar-refractivity contribution in [1.29, 1.82) is 0 Å². The molecule has 0 fully saturated rings. The SMILES string of the molecule is CN(C)\C=C/C=C/C=C/C(=O)/C=C/C=C/C=C/N(C)C. The Morgan fingerprint density at radius 2 is 0.950 bits per heavy atom. The van der Waals surface area contributed by atoms with Crippen molar-refractivity contribution < 1.29 is 4.79 Å². The zero-order chi connectivity index (χ0) is 15.2. The van der Waals surface area contributed by atoms with Crippen molar-refractivity contribution >= 4 is 5.78 Å². The minimum Gasteiger partial charge on any atom is -0.383 e. The lowest BCUT2D eigenvalue weighted by Gasteiger charge is -2.00. The summed E-state index contributed by atoms with van der Waals surface area (Å²) in [4.78, 5) is 15.3. The van der Waals surface area contributed by atoms with E-state index in [9.17, 15) is 4.79 Å². The molecule has 0 aliphatic rings. The van der Waals surface area contributed by atoms with Crippen LogP contribution in [0.15, 0.2) is 73.2 Å². The molecule has 0 spiro atoms. The van der Waals surface area contributed by atoms with E-state index in [1.165, 1.54) is 12.2 Å². The first-order valence-corrected chi connectivity index (χ1v) is 6.42. The Kier molecular flexibility index (Phi) is 10.4. The first-order chi connectivity index (χ1) is 9.52. The van der Waals surface area contributed by atoms with Gasteiger partial charge in [-0.15, -0.1) is 0 Å². The first-order valence-electron chi connectivity index (χ1n) is 6.42. The third-order valence-electron chi connectivity index (χ3n) is 1.96. The summed E-state index contributed by atoms with van der Waals surface area (Å²) in [5, 5.41) is 0. The van der Waals surface area contributed by atoms with Crippen LogP contribution in [0.5, 0.6) is 0 Å². The molecular weight excluding hydrogens is 248 g/mol. The van der Waals surface area contributed by atoms with Crippen LogP contribution < -0.4 is 0 Å². The minimum absolute atomic E-state index is 0.0347. The van der Waals surface area contributed by atoms with Gasteiger partial charge in [0.25, 0.3) is 0 Å². The molecule has 0 bridgehead atoms. The average Bonchev–Trinajstić information content (AvgIpc) is 2.37. The summed E-state index contributed by atoms with van der Waals surface area (Å²) >= 11 is 0. The van der Waals surface area contributed by atoms with Crippen LogP contribution >= 0.6 is 0 Å². The molecule has 20 heavy (non-hydrogen) atoms. The fourth-order valence-electron chi connectivity index (χ4n) is 1.06. The molecule has 0 unspecified atom stereocenters. The molecule has 0 aliphatic carbocycles. The molecule has 0 aromatic carbocycles. The number of nitrogens with zero attached hydrogens (tertiary/aromatic N) is 2. The topological polar surface area (TPSA) is 23.6 Å². The van der Waals surface area contributed by atoms with Crippen LogP contribution in [0, 0.1) is 0 Å². The Hall–Kier alpha value is -2.29. The Morgan fingerprint density at radius 3 is 1.30 bits per heavy atom. The maximum absolute atomic E-state index is 11.4. The van der Waals surface area contributed by atoms with Gasteiger partial charge in [-0.05, 0) is 36.7 Å². The molecule has 0 saturated carbocycles. The highest BCUT2D eigenvalue weighted by Gasteiger charge is 1.83. The molecule has 0 aromatic heterocycles. The Bertz CT molecular complexity index is 396. The molecule has 0 aliphatic heterocycles. The number of carbonyl (C=O) groups excluding carboxylic acids is 1. The molecule has 3 heteroatoms. The van der Waals surface area contributed by atoms with Gasteiger partial charge in [0.05, 0.1) is 0 Å². The van der Waals surface area contributed by atoms with Crippen molar-refractivity contribution in [2.24, 2.45) is 0 Å². The maximum atomic E-state index is 11.4. The van der Waals surface area contributed by atoms with E-state index < -0.39 is 0 Å². The van der Waals surface area contributed by atoms with Crippen LogP contribution in [0.4, 0.5) is 0 Å². The number of rotatable bonds is 8. The molecule has 0 radical (unpaired) electrons. The summed E-state index contributed by atoms with van der Waals surface area (Å²) in [6, 6.07) is 0. The molecule has 0 saturated heterocycles.